The zero-order valence-corrected chi connectivity index (χ0v) is 17.2. The van der Waals surface area contributed by atoms with E-state index in [4.69, 9.17) is 11.1 Å². The van der Waals surface area contributed by atoms with Crippen molar-refractivity contribution in [3.8, 4) is 0 Å². The number of benzene rings is 3. The summed E-state index contributed by atoms with van der Waals surface area (Å²) in [6.45, 7) is 0. The normalized spacial score (nSPS) is 11.9. The fraction of sp³-hybridized carbons (Fsp3) is 0.0417. The minimum Gasteiger partial charge on any atom is -0.397 e. The van der Waals surface area contributed by atoms with E-state index in [1.54, 1.807) is 48.5 Å². The zero-order valence-electron chi connectivity index (χ0n) is 17.2. The number of nitrogens with one attached hydrogen (secondary N) is 3. The average Bonchev–Trinajstić information content (AvgIpc) is 2.80. The first-order chi connectivity index (χ1) is 15.7. The molecular weight excluding hydrogens is 431 g/mol. The zero-order chi connectivity index (χ0) is 23.8. The van der Waals surface area contributed by atoms with Crippen LogP contribution in [0.2, 0.25) is 0 Å². The number of para-hydroxylation sites is 3. The third kappa shape index (κ3) is 6.54. The van der Waals surface area contributed by atoms with Gasteiger partial charge in [-0.15, -0.1) is 0 Å². The summed E-state index contributed by atoms with van der Waals surface area (Å²) >= 11 is 0. The Hall–Kier alpha value is -4.40. The van der Waals surface area contributed by atoms with E-state index in [-0.39, 0.29) is 11.5 Å². The number of nitrogens with two attached hydrogens (primary N) is 1. The monoisotopic (exact) mass is 451 g/mol. The standard InChI is InChI=1S/C24H20F3N5O/c25-24(26,27)16-7-6-10-18(15-16)30-14-13-21(33)22(29)23(31-17-8-2-1-3-9-17)32-20-12-5-4-11-19(20)28/h1-15,29-30H,28H2,(H,31,32)/b14-13-,29-22?. The number of amidine groups is 1. The van der Waals surface area contributed by atoms with Crippen molar-refractivity contribution in [2.45, 2.75) is 6.18 Å². The highest BCUT2D eigenvalue weighted by atomic mass is 19.4. The Bertz CT molecular complexity index is 1200. The number of halogens is 3. The van der Waals surface area contributed by atoms with Gasteiger partial charge >= 0.3 is 6.18 Å². The second-order valence-electron chi connectivity index (χ2n) is 6.81. The van der Waals surface area contributed by atoms with Gasteiger partial charge in [0.25, 0.3) is 0 Å². The van der Waals surface area contributed by atoms with Crippen LogP contribution >= 0.6 is 0 Å². The fourth-order valence-corrected chi connectivity index (χ4v) is 2.71. The number of ketones is 1. The van der Waals surface area contributed by atoms with Crippen LogP contribution in [0.25, 0.3) is 0 Å². The predicted molar refractivity (Wildman–Crippen MR) is 125 cm³/mol. The van der Waals surface area contributed by atoms with Crippen LogP contribution in [-0.4, -0.2) is 17.3 Å². The van der Waals surface area contributed by atoms with E-state index in [2.05, 4.69) is 15.6 Å². The van der Waals surface area contributed by atoms with Gasteiger partial charge in [-0.05, 0) is 42.5 Å². The highest BCUT2D eigenvalue weighted by Crippen LogP contribution is 2.30. The molecule has 3 aromatic carbocycles. The molecule has 3 rings (SSSR count). The summed E-state index contributed by atoms with van der Waals surface area (Å²) < 4.78 is 38.5. The molecule has 0 spiro atoms. The number of anilines is 3. The number of hydrogen-bond acceptors (Lipinski definition) is 5. The Kier molecular flexibility index (Phi) is 7.24. The predicted octanol–water partition coefficient (Wildman–Crippen LogP) is 5.64. The SMILES string of the molecule is N=C(C(=O)/C=C\Nc1cccc(C(F)(F)F)c1)C(=Nc1ccccc1N)Nc1ccccc1. The molecular formula is C24H20F3N5O. The molecule has 0 fully saturated rings. The molecule has 0 aliphatic carbocycles. The van der Waals surface area contributed by atoms with E-state index >= 15 is 0 Å². The summed E-state index contributed by atoms with van der Waals surface area (Å²) in [4.78, 5) is 16.9. The number of allylic oxidation sites excluding steroid dienone is 1. The molecule has 168 valence electrons. The topological polar surface area (TPSA) is 103 Å². The quantitative estimate of drug-likeness (QED) is 0.161. The van der Waals surface area contributed by atoms with E-state index in [9.17, 15) is 18.0 Å². The summed E-state index contributed by atoms with van der Waals surface area (Å²) in [7, 11) is 0. The van der Waals surface area contributed by atoms with Gasteiger partial charge in [-0.25, -0.2) is 4.99 Å². The van der Waals surface area contributed by atoms with Crippen LogP contribution < -0.4 is 16.4 Å². The van der Waals surface area contributed by atoms with Crippen LogP contribution in [0.4, 0.5) is 35.9 Å². The van der Waals surface area contributed by atoms with Gasteiger partial charge in [0.1, 0.15) is 5.71 Å². The molecule has 3 aromatic rings. The second-order valence-corrected chi connectivity index (χ2v) is 6.81. The first kappa shape index (κ1) is 23.3. The molecule has 6 nitrogen and oxygen atoms in total. The number of rotatable bonds is 7. The molecule has 0 aromatic heterocycles. The molecule has 0 atom stereocenters. The lowest BCUT2D eigenvalue weighted by Gasteiger charge is -2.11. The number of aliphatic imine (C=N–C) groups is 1. The minimum absolute atomic E-state index is 0.0344. The van der Waals surface area contributed by atoms with Gasteiger partial charge < -0.3 is 16.4 Å². The Balaban J connectivity index is 1.79. The van der Waals surface area contributed by atoms with Gasteiger partial charge in [-0.3, -0.25) is 10.2 Å². The van der Waals surface area contributed by atoms with Crippen molar-refractivity contribution in [1.29, 1.82) is 5.41 Å². The lowest BCUT2D eigenvalue weighted by atomic mass is 10.2. The summed E-state index contributed by atoms with van der Waals surface area (Å²) in [6, 6.07) is 20.1. The molecule has 0 saturated carbocycles. The largest absolute Gasteiger partial charge is 0.416 e. The second kappa shape index (κ2) is 10.3. The van der Waals surface area contributed by atoms with Crippen LogP contribution in [-0.2, 0) is 11.0 Å². The van der Waals surface area contributed by atoms with E-state index in [1.165, 1.54) is 18.3 Å². The molecule has 9 heteroatoms. The summed E-state index contributed by atoms with van der Waals surface area (Å²) in [5, 5.41) is 13.9. The van der Waals surface area contributed by atoms with Crippen LogP contribution in [0, 0.1) is 5.41 Å². The Morgan fingerprint density at radius 3 is 2.30 bits per heavy atom. The van der Waals surface area contributed by atoms with Gasteiger partial charge in [-0.1, -0.05) is 36.4 Å². The van der Waals surface area contributed by atoms with Crippen LogP contribution in [0.1, 0.15) is 5.56 Å². The maximum absolute atomic E-state index is 12.8. The van der Waals surface area contributed by atoms with Crippen LogP contribution in [0.5, 0.6) is 0 Å². The maximum atomic E-state index is 12.8. The van der Waals surface area contributed by atoms with Crippen molar-refractivity contribution in [3.63, 3.8) is 0 Å². The van der Waals surface area contributed by atoms with Gasteiger partial charge in [0.2, 0.25) is 5.78 Å². The smallest absolute Gasteiger partial charge is 0.397 e. The number of nitrogen functional groups attached to an aromatic ring is 1. The van der Waals surface area contributed by atoms with Crippen molar-refractivity contribution >= 4 is 40.1 Å². The number of carbonyl (C=O) groups is 1. The Morgan fingerprint density at radius 2 is 1.61 bits per heavy atom. The van der Waals surface area contributed by atoms with E-state index in [1.807, 2.05) is 6.07 Å². The molecule has 0 saturated heterocycles. The molecule has 0 heterocycles. The number of carbonyl (C=O) groups excluding carboxylic acids is 1. The van der Waals surface area contributed by atoms with Gasteiger partial charge in [0.15, 0.2) is 5.84 Å². The van der Waals surface area contributed by atoms with Crippen LogP contribution in [0.15, 0.2) is 96.1 Å². The van der Waals surface area contributed by atoms with E-state index in [0.717, 1.165) is 18.2 Å². The molecule has 0 bridgehead atoms. The van der Waals surface area contributed by atoms with Gasteiger partial charge in [0, 0.05) is 23.7 Å². The summed E-state index contributed by atoms with van der Waals surface area (Å²) in [5.41, 5.74) is 6.15. The van der Waals surface area contributed by atoms with E-state index < -0.39 is 23.2 Å². The van der Waals surface area contributed by atoms with Crippen molar-refractivity contribution in [2.75, 3.05) is 16.4 Å². The molecule has 0 unspecified atom stereocenters. The highest BCUT2D eigenvalue weighted by molar-refractivity contribution is 6.70. The first-order valence-corrected chi connectivity index (χ1v) is 9.73. The summed E-state index contributed by atoms with van der Waals surface area (Å²) in [6.07, 6.45) is -2.27. The van der Waals surface area contributed by atoms with Crippen molar-refractivity contribution in [1.82, 2.24) is 0 Å². The van der Waals surface area contributed by atoms with Crippen LogP contribution in [0.3, 0.4) is 0 Å². The third-order valence-electron chi connectivity index (χ3n) is 4.36. The van der Waals surface area contributed by atoms with Crippen molar-refractivity contribution in [3.05, 3.63) is 96.7 Å². The lowest BCUT2D eigenvalue weighted by Crippen LogP contribution is -2.28. The number of alkyl halides is 3. The first-order valence-electron chi connectivity index (χ1n) is 9.73. The van der Waals surface area contributed by atoms with Crippen molar-refractivity contribution in [2.24, 2.45) is 4.99 Å². The molecule has 0 aliphatic rings. The summed E-state index contributed by atoms with van der Waals surface area (Å²) in [5.74, 6) is -0.751. The number of hydrogen-bond donors (Lipinski definition) is 4. The van der Waals surface area contributed by atoms with Crippen molar-refractivity contribution < 1.29 is 18.0 Å². The molecule has 0 radical (unpaired) electrons. The minimum atomic E-state index is -4.48. The highest BCUT2D eigenvalue weighted by Gasteiger charge is 2.30. The molecule has 5 N–H and O–H groups in total. The Morgan fingerprint density at radius 1 is 0.939 bits per heavy atom. The van der Waals surface area contributed by atoms with Gasteiger partial charge in [0.05, 0.1) is 16.9 Å². The molecule has 0 aliphatic heterocycles. The Labute approximate surface area is 188 Å². The molecule has 0 amide bonds. The lowest BCUT2D eigenvalue weighted by molar-refractivity contribution is -0.137. The number of nitrogens with zero attached hydrogens (tertiary/aromatic N) is 1. The van der Waals surface area contributed by atoms with E-state index in [0.29, 0.717) is 17.1 Å². The third-order valence-corrected chi connectivity index (χ3v) is 4.36. The molecule has 33 heavy (non-hydrogen) atoms. The maximum Gasteiger partial charge on any atom is 0.416 e. The average molecular weight is 451 g/mol. The van der Waals surface area contributed by atoms with Gasteiger partial charge in [-0.2, -0.15) is 13.2 Å². The fourth-order valence-electron chi connectivity index (χ4n) is 2.71.